The first-order chi connectivity index (χ1) is 19.1. The molecule has 1 heterocycles. The maximum Gasteiger partial charge on any atom is 0.338 e. The van der Waals surface area contributed by atoms with E-state index in [2.05, 4.69) is 5.32 Å². The lowest BCUT2D eigenvalue weighted by molar-refractivity contribution is -0.123. The van der Waals surface area contributed by atoms with Crippen molar-refractivity contribution in [3.05, 3.63) is 59.7 Å². The summed E-state index contributed by atoms with van der Waals surface area (Å²) in [4.78, 5) is 64.6. The van der Waals surface area contributed by atoms with Crippen molar-refractivity contribution in [1.29, 1.82) is 0 Å². The van der Waals surface area contributed by atoms with Gasteiger partial charge in [-0.05, 0) is 66.6 Å². The van der Waals surface area contributed by atoms with E-state index in [0.717, 1.165) is 4.90 Å². The average molecular weight is 587 g/mol. The molecule has 2 bridgehead atoms. The van der Waals surface area contributed by atoms with E-state index in [4.69, 9.17) is 32.7 Å². The minimum atomic E-state index is -0.791. The van der Waals surface area contributed by atoms with Gasteiger partial charge in [0.1, 0.15) is 0 Å². The van der Waals surface area contributed by atoms with Crippen LogP contribution in [0.1, 0.15) is 41.0 Å². The van der Waals surface area contributed by atoms with Crippen LogP contribution >= 0.6 is 23.2 Å². The zero-order valence-corrected chi connectivity index (χ0v) is 23.4. The lowest BCUT2D eigenvalue weighted by atomic mass is 9.80. The van der Waals surface area contributed by atoms with Gasteiger partial charge in [-0.3, -0.25) is 19.3 Å². The largest absolute Gasteiger partial charge is 0.462 e. The summed E-state index contributed by atoms with van der Waals surface area (Å²) in [6.07, 6.45) is 0.659. The van der Waals surface area contributed by atoms with Crippen LogP contribution in [0, 0.1) is 29.6 Å². The van der Waals surface area contributed by atoms with E-state index < -0.39 is 36.3 Å². The van der Waals surface area contributed by atoms with E-state index >= 15 is 0 Å². The van der Waals surface area contributed by atoms with Crippen molar-refractivity contribution in [1.82, 2.24) is 0 Å². The van der Waals surface area contributed by atoms with Gasteiger partial charge in [0.15, 0.2) is 6.61 Å². The number of alkyl halides is 2. The fraction of sp³-hybridized carbons (Fsp3) is 0.414. The number of carbonyl (C=O) groups excluding carboxylic acids is 5. The number of hydrogen-bond donors (Lipinski definition) is 1. The maximum absolute atomic E-state index is 13.2. The Morgan fingerprint density at radius 1 is 0.900 bits per heavy atom. The Kier molecular flexibility index (Phi) is 7.88. The molecular weight excluding hydrogens is 559 g/mol. The first kappa shape index (κ1) is 28.1. The molecule has 2 aromatic rings. The summed E-state index contributed by atoms with van der Waals surface area (Å²) in [6.45, 7) is 3.61. The van der Waals surface area contributed by atoms with Crippen LogP contribution in [0.2, 0.25) is 0 Å². The van der Waals surface area contributed by atoms with Gasteiger partial charge in [0, 0.05) is 5.69 Å². The van der Waals surface area contributed by atoms with Gasteiger partial charge in [-0.1, -0.05) is 19.9 Å². The fourth-order valence-electron chi connectivity index (χ4n) is 5.80. The molecule has 3 fully saturated rings. The number of imide groups is 1. The first-order valence-corrected chi connectivity index (χ1v) is 13.9. The number of anilines is 2. The molecule has 0 unspecified atom stereocenters. The van der Waals surface area contributed by atoms with Gasteiger partial charge in [0.2, 0.25) is 11.8 Å². The number of nitrogens with zero attached hydrogens (tertiary/aromatic N) is 1. The molecule has 5 rings (SSSR count). The Hall–Kier alpha value is -3.43. The third-order valence-electron chi connectivity index (χ3n) is 7.61. The molecular formula is C29H28Cl2N2O7. The van der Waals surface area contributed by atoms with Crippen molar-refractivity contribution >= 4 is 64.2 Å². The quantitative estimate of drug-likeness (QED) is 0.279. The lowest BCUT2D eigenvalue weighted by Crippen LogP contribution is -2.37. The maximum atomic E-state index is 13.2. The summed E-state index contributed by atoms with van der Waals surface area (Å²) in [7, 11) is 0. The molecule has 0 radical (unpaired) electrons. The van der Waals surface area contributed by atoms with Crippen molar-refractivity contribution in [3.63, 3.8) is 0 Å². The van der Waals surface area contributed by atoms with Gasteiger partial charge >= 0.3 is 11.9 Å². The predicted octanol–water partition coefficient (Wildman–Crippen LogP) is 4.27. The zero-order chi connectivity index (χ0) is 28.7. The summed E-state index contributed by atoms with van der Waals surface area (Å²) in [5.41, 5.74) is 1.10. The van der Waals surface area contributed by atoms with E-state index in [9.17, 15) is 24.0 Å². The van der Waals surface area contributed by atoms with Gasteiger partial charge in [-0.15, -0.1) is 23.2 Å². The van der Waals surface area contributed by atoms with E-state index in [0.29, 0.717) is 24.3 Å². The van der Waals surface area contributed by atoms with E-state index in [1.54, 1.807) is 18.2 Å². The monoisotopic (exact) mass is 586 g/mol. The molecule has 1 saturated heterocycles. The molecule has 210 valence electrons. The van der Waals surface area contributed by atoms with Crippen molar-refractivity contribution < 1.29 is 33.4 Å². The molecule has 0 aromatic heterocycles. The van der Waals surface area contributed by atoms with Crippen LogP contribution in [0.5, 0.6) is 0 Å². The van der Waals surface area contributed by atoms with Crippen LogP contribution < -0.4 is 10.2 Å². The molecule has 2 aliphatic carbocycles. The van der Waals surface area contributed by atoms with Crippen LogP contribution in [0.25, 0.3) is 0 Å². The highest BCUT2D eigenvalue weighted by molar-refractivity contribution is 6.32. The van der Waals surface area contributed by atoms with Gasteiger partial charge in [-0.2, -0.15) is 0 Å². The third kappa shape index (κ3) is 5.20. The number of benzene rings is 2. The second-order valence-electron chi connectivity index (χ2n) is 10.8. The van der Waals surface area contributed by atoms with Crippen molar-refractivity contribution in [2.75, 3.05) is 23.4 Å². The molecule has 6 atom stereocenters. The first-order valence-electron chi connectivity index (χ1n) is 13.1. The fourth-order valence-corrected chi connectivity index (χ4v) is 6.69. The molecule has 2 saturated carbocycles. The SMILES string of the molecule is CC(C)COC(=O)c1ccc(NC(=O)COC(=O)c2cccc(N3C(=O)[C@@H]4[C@H]5C[C@@H]([C@H](Cl)[C@@H]5Cl)[C@@H]4C3=O)c2)cc1. The van der Waals surface area contributed by atoms with Gasteiger partial charge in [0.25, 0.3) is 5.91 Å². The third-order valence-corrected chi connectivity index (χ3v) is 8.93. The Morgan fingerprint density at radius 2 is 1.50 bits per heavy atom. The minimum Gasteiger partial charge on any atom is -0.462 e. The zero-order valence-electron chi connectivity index (χ0n) is 21.8. The molecule has 1 aliphatic heterocycles. The highest BCUT2D eigenvalue weighted by Crippen LogP contribution is 2.59. The molecule has 11 heteroatoms. The number of carbonyl (C=O) groups is 5. The van der Waals surface area contributed by atoms with Crippen molar-refractivity contribution in [3.8, 4) is 0 Å². The van der Waals surface area contributed by atoms with Gasteiger partial charge in [-0.25, -0.2) is 9.59 Å². The summed E-state index contributed by atoms with van der Waals surface area (Å²) in [6, 6.07) is 12.1. The van der Waals surface area contributed by atoms with Crippen LogP contribution in [-0.2, 0) is 23.9 Å². The summed E-state index contributed by atoms with van der Waals surface area (Å²) in [5, 5.41) is 1.87. The van der Waals surface area contributed by atoms with Gasteiger partial charge in [0.05, 0.1) is 46.0 Å². The molecule has 0 spiro atoms. The summed E-state index contributed by atoms with van der Waals surface area (Å²) in [5.74, 6) is -3.59. The Bertz CT molecular complexity index is 1330. The molecule has 9 nitrogen and oxygen atoms in total. The Morgan fingerprint density at radius 3 is 2.10 bits per heavy atom. The standard InChI is InChI=1S/C29H28Cl2N2O7/c1-14(2)12-39-28(37)15-6-8-17(9-7-15)32-21(34)13-40-29(38)16-4-3-5-18(10-16)33-26(35)22-19-11-20(23(22)27(33)36)25(31)24(19)30/h3-10,14,19-20,22-25H,11-13H2,1-2H3,(H,32,34)/t19-,20-,22-,23+,24-,25+/m1/s1. The molecule has 3 aliphatic rings. The average Bonchev–Trinajstić information content (AvgIpc) is 3.55. The highest BCUT2D eigenvalue weighted by atomic mass is 35.5. The molecule has 2 aromatic carbocycles. The van der Waals surface area contributed by atoms with Gasteiger partial charge < -0.3 is 14.8 Å². The number of halogens is 2. The van der Waals surface area contributed by atoms with E-state index in [1.807, 2.05) is 13.8 Å². The normalized spacial score (nSPS) is 26.7. The predicted molar refractivity (Wildman–Crippen MR) is 147 cm³/mol. The summed E-state index contributed by atoms with van der Waals surface area (Å²) < 4.78 is 10.3. The second-order valence-corrected chi connectivity index (χ2v) is 11.8. The number of fused-ring (bicyclic) bond motifs is 5. The van der Waals surface area contributed by atoms with Crippen molar-refractivity contribution in [2.45, 2.75) is 31.0 Å². The smallest absolute Gasteiger partial charge is 0.338 e. The van der Waals surface area contributed by atoms with Crippen LogP contribution in [-0.4, -0.2) is 53.6 Å². The summed E-state index contributed by atoms with van der Waals surface area (Å²) >= 11 is 12.8. The molecule has 3 amide bonds. The van der Waals surface area contributed by atoms with Crippen LogP contribution in [0.15, 0.2) is 48.5 Å². The number of amides is 3. The molecule has 40 heavy (non-hydrogen) atoms. The number of hydrogen-bond acceptors (Lipinski definition) is 7. The number of ether oxygens (including phenoxy) is 2. The van der Waals surface area contributed by atoms with Crippen LogP contribution in [0.4, 0.5) is 11.4 Å². The number of rotatable bonds is 8. The number of esters is 2. The van der Waals surface area contributed by atoms with Crippen molar-refractivity contribution in [2.24, 2.45) is 29.6 Å². The molecule has 1 N–H and O–H groups in total. The Labute approximate surface area is 241 Å². The second kappa shape index (κ2) is 11.2. The number of nitrogens with one attached hydrogen (secondary N) is 1. The van der Waals surface area contributed by atoms with E-state index in [1.165, 1.54) is 30.3 Å². The van der Waals surface area contributed by atoms with Crippen LogP contribution in [0.3, 0.4) is 0 Å². The topological polar surface area (TPSA) is 119 Å². The Balaban J connectivity index is 1.17. The lowest BCUT2D eigenvalue weighted by Gasteiger charge is -2.28. The highest BCUT2D eigenvalue weighted by Gasteiger charge is 2.67. The minimum absolute atomic E-state index is 0.0839. The van der Waals surface area contributed by atoms with E-state index in [-0.39, 0.29) is 51.6 Å².